The van der Waals surface area contributed by atoms with Crippen LogP contribution in [0.2, 0.25) is 5.02 Å². The van der Waals surface area contributed by atoms with E-state index >= 15 is 0 Å². The third-order valence-corrected chi connectivity index (χ3v) is 5.94. The summed E-state index contributed by atoms with van der Waals surface area (Å²) in [5, 5.41) is 0.677. The Bertz CT molecular complexity index is 1040. The number of fused-ring (bicyclic) bond motifs is 4. The van der Waals surface area contributed by atoms with E-state index in [4.69, 9.17) is 40.5 Å². The first-order valence-electron chi connectivity index (χ1n) is 11.3. The zero-order chi connectivity index (χ0) is 23.2. The Morgan fingerprint density at radius 2 is 1.67 bits per heavy atom. The molecule has 1 atom stereocenters. The van der Waals surface area contributed by atoms with E-state index in [9.17, 15) is 0 Å². The molecule has 2 aromatic carbocycles. The molecule has 33 heavy (non-hydrogen) atoms. The smallest absolute Gasteiger partial charge is 0.163 e. The predicted molar refractivity (Wildman–Crippen MR) is 131 cm³/mol. The fourth-order valence-corrected chi connectivity index (χ4v) is 4.21. The summed E-state index contributed by atoms with van der Waals surface area (Å²) in [6, 6.07) is 9.95. The van der Waals surface area contributed by atoms with Crippen molar-refractivity contribution >= 4 is 35.1 Å². The van der Waals surface area contributed by atoms with Gasteiger partial charge in [-0.15, -0.1) is 0 Å². The summed E-state index contributed by atoms with van der Waals surface area (Å²) < 4.78 is 22.2. The largest absolute Gasteiger partial charge is 0.487 e. The number of benzene rings is 2. The summed E-state index contributed by atoms with van der Waals surface area (Å²) in [5.41, 5.74) is 3.76. The Hall–Kier alpha value is -2.61. The third-order valence-electron chi connectivity index (χ3n) is 5.70. The lowest BCUT2D eigenvalue weighted by Gasteiger charge is -2.38. The predicted octanol–water partition coefficient (Wildman–Crippen LogP) is 5.69. The molecule has 176 valence electrons. The number of hydrogen-bond acceptors (Lipinski definition) is 7. The highest BCUT2D eigenvalue weighted by Crippen LogP contribution is 2.44. The zero-order valence-corrected chi connectivity index (χ0v) is 20.1. The lowest BCUT2D eigenvalue weighted by atomic mass is 9.94. The number of nitrogens with zero attached hydrogens (tertiary/aromatic N) is 3. The van der Waals surface area contributed by atoms with Crippen LogP contribution < -0.4 is 9.47 Å². The number of methoxy groups -OCH3 is 2. The van der Waals surface area contributed by atoms with E-state index in [-0.39, 0.29) is 6.04 Å². The fourth-order valence-electron chi connectivity index (χ4n) is 4.05. The van der Waals surface area contributed by atoms with Crippen molar-refractivity contribution in [2.75, 3.05) is 40.6 Å². The van der Waals surface area contributed by atoms with E-state index in [0.29, 0.717) is 42.9 Å². The standard InChI is InChI=1S/C25H30ClN3O4/c1-4-5-6-22-18-8-7-17(26)13-21(18)28-25-19-14-23(32-11-9-30-2)24(33-12-10-31-3)15-20(19)27-16-29(22)25/h7-8,13-16,22H,4-6,9-12H2,1-3H3. The molecule has 0 amide bonds. The second-order valence-electron chi connectivity index (χ2n) is 7.95. The van der Waals surface area contributed by atoms with E-state index < -0.39 is 0 Å². The molecule has 8 heteroatoms. The van der Waals surface area contributed by atoms with Crippen molar-refractivity contribution in [1.82, 2.24) is 4.90 Å². The summed E-state index contributed by atoms with van der Waals surface area (Å²) in [7, 11) is 3.29. The van der Waals surface area contributed by atoms with Gasteiger partial charge in [0.15, 0.2) is 11.5 Å². The molecule has 1 unspecified atom stereocenters. The van der Waals surface area contributed by atoms with Gasteiger partial charge in [-0.2, -0.15) is 0 Å². The van der Waals surface area contributed by atoms with Gasteiger partial charge in [0, 0.05) is 36.4 Å². The molecule has 0 spiro atoms. The minimum Gasteiger partial charge on any atom is -0.487 e. The second kappa shape index (κ2) is 11.0. The first-order valence-corrected chi connectivity index (χ1v) is 11.7. The van der Waals surface area contributed by atoms with Crippen LogP contribution >= 0.6 is 11.6 Å². The Kier molecular flexibility index (Phi) is 7.85. The van der Waals surface area contributed by atoms with Gasteiger partial charge in [0.05, 0.1) is 37.0 Å². The fraction of sp³-hybridized carbons (Fsp3) is 0.440. The van der Waals surface area contributed by atoms with E-state index in [1.54, 1.807) is 14.2 Å². The SMILES string of the molecule is CCCCC1c2ccc(Cl)cc2N=C2c3cc(OCCOC)c(OCCOC)cc3N=CN21. The van der Waals surface area contributed by atoms with Crippen LogP contribution in [-0.2, 0) is 9.47 Å². The number of unbranched alkanes of at least 4 members (excludes halogenated alkanes) is 1. The Labute approximate surface area is 200 Å². The lowest BCUT2D eigenvalue weighted by Crippen LogP contribution is -2.38. The molecule has 0 saturated carbocycles. The summed E-state index contributed by atoms with van der Waals surface area (Å²) in [6.45, 7) is 3.99. The average Bonchev–Trinajstić information content (AvgIpc) is 2.82. The molecule has 0 bridgehead atoms. The minimum atomic E-state index is 0.150. The Morgan fingerprint density at radius 1 is 0.939 bits per heavy atom. The number of hydrogen-bond donors (Lipinski definition) is 0. The van der Waals surface area contributed by atoms with Crippen LogP contribution in [0.15, 0.2) is 40.3 Å². The summed E-state index contributed by atoms with van der Waals surface area (Å²) in [6.07, 6.45) is 5.10. The average molecular weight is 472 g/mol. The number of ether oxygens (including phenoxy) is 4. The van der Waals surface area contributed by atoms with Crippen molar-refractivity contribution in [2.24, 2.45) is 9.98 Å². The van der Waals surface area contributed by atoms with Crippen molar-refractivity contribution in [3.63, 3.8) is 0 Å². The van der Waals surface area contributed by atoms with Crippen molar-refractivity contribution in [1.29, 1.82) is 0 Å². The van der Waals surface area contributed by atoms with E-state index in [1.807, 2.05) is 30.6 Å². The molecule has 2 heterocycles. The van der Waals surface area contributed by atoms with Gasteiger partial charge in [0.25, 0.3) is 0 Å². The van der Waals surface area contributed by atoms with Gasteiger partial charge >= 0.3 is 0 Å². The normalized spacial score (nSPS) is 16.1. The molecule has 0 radical (unpaired) electrons. The van der Waals surface area contributed by atoms with Gasteiger partial charge in [-0.25, -0.2) is 9.98 Å². The number of rotatable bonds is 11. The summed E-state index contributed by atoms with van der Waals surface area (Å²) in [5.74, 6) is 2.09. The van der Waals surface area contributed by atoms with Crippen molar-refractivity contribution in [3.8, 4) is 11.5 Å². The lowest BCUT2D eigenvalue weighted by molar-refractivity contribution is 0.132. The Balaban J connectivity index is 1.76. The minimum absolute atomic E-state index is 0.150. The number of amidine groups is 1. The highest BCUT2D eigenvalue weighted by atomic mass is 35.5. The molecule has 2 aliphatic heterocycles. The molecule has 2 aromatic rings. The summed E-state index contributed by atoms with van der Waals surface area (Å²) >= 11 is 6.31. The maximum atomic E-state index is 6.31. The van der Waals surface area contributed by atoms with Gasteiger partial charge in [-0.1, -0.05) is 37.4 Å². The van der Waals surface area contributed by atoms with Crippen LogP contribution in [-0.4, -0.2) is 57.7 Å². The molecule has 0 fully saturated rings. The van der Waals surface area contributed by atoms with Gasteiger partial charge < -0.3 is 23.8 Å². The molecular weight excluding hydrogens is 442 g/mol. The zero-order valence-electron chi connectivity index (χ0n) is 19.3. The van der Waals surface area contributed by atoms with Gasteiger partial charge in [0.2, 0.25) is 0 Å². The Morgan fingerprint density at radius 3 is 2.36 bits per heavy atom. The summed E-state index contributed by atoms with van der Waals surface area (Å²) in [4.78, 5) is 11.9. The molecule has 4 rings (SSSR count). The van der Waals surface area contributed by atoms with E-state index in [1.165, 1.54) is 5.56 Å². The first kappa shape index (κ1) is 23.5. The van der Waals surface area contributed by atoms with Crippen LogP contribution in [0.4, 0.5) is 11.4 Å². The highest BCUT2D eigenvalue weighted by molar-refractivity contribution is 6.31. The highest BCUT2D eigenvalue weighted by Gasteiger charge is 2.33. The number of aliphatic imine (C=N–C) groups is 2. The van der Waals surface area contributed by atoms with Crippen molar-refractivity contribution in [2.45, 2.75) is 32.2 Å². The number of halogens is 1. The van der Waals surface area contributed by atoms with Gasteiger partial charge in [0.1, 0.15) is 19.0 Å². The van der Waals surface area contributed by atoms with Crippen LogP contribution in [0, 0.1) is 0 Å². The van der Waals surface area contributed by atoms with E-state index in [2.05, 4.69) is 17.9 Å². The third kappa shape index (κ3) is 5.16. The molecule has 0 aromatic heterocycles. The topological polar surface area (TPSA) is 64.9 Å². The van der Waals surface area contributed by atoms with Crippen LogP contribution in [0.1, 0.15) is 43.4 Å². The van der Waals surface area contributed by atoms with Crippen molar-refractivity contribution < 1.29 is 18.9 Å². The van der Waals surface area contributed by atoms with Crippen LogP contribution in [0.3, 0.4) is 0 Å². The quantitative estimate of drug-likeness (QED) is 0.394. The maximum absolute atomic E-state index is 6.31. The molecular formula is C25H30ClN3O4. The molecule has 0 N–H and O–H groups in total. The molecule has 0 aliphatic carbocycles. The van der Waals surface area contributed by atoms with Crippen LogP contribution in [0.25, 0.3) is 0 Å². The van der Waals surface area contributed by atoms with Crippen molar-refractivity contribution in [3.05, 3.63) is 46.5 Å². The first-order chi connectivity index (χ1) is 16.2. The maximum Gasteiger partial charge on any atom is 0.163 e. The van der Waals surface area contributed by atoms with Crippen LogP contribution in [0.5, 0.6) is 11.5 Å². The second-order valence-corrected chi connectivity index (χ2v) is 8.38. The molecule has 2 aliphatic rings. The van der Waals surface area contributed by atoms with E-state index in [0.717, 1.165) is 42.0 Å². The monoisotopic (exact) mass is 471 g/mol. The molecule has 0 saturated heterocycles. The van der Waals surface area contributed by atoms with Gasteiger partial charge in [-0.05, 0) is 24.6 Å². The molecule has 7 nitrogen and oxygen atoms in total. The van der Waals surface area contributed by atoms with Gasteiger partial charge in [-0.3, -0.25) is 0 Å².